The summed E-state index contributed by atoms with van der Waals surface area (Å²) < 4.78 is 13.9. The first-order valence-electron chi connectivity index (χ1n) is 5.71. The third-order valence-electron chi connectivity index (χ3n) is 2.72. The van der Waals surface area contributed by atoms with Crippen molar-refractivity contribution >= 4 is 27.3 Å². The van der Waals surface area contributed by atoms with Crippen LogP contribution < -0.4 is 5.73 Å². The fourth-order valence-corrected chi connectivity index (χ4v) is 3.62. The molecule has 0 radical (unpaired) electrons. The van der Waals surface area contributed by atoms with Gasteiger partial charge in [-0.1, -0.05) is 12.1 Å². The second-order valence-corrected chi connectivity index (χ2v) is 6.78. The molecule has 0 fully saturated rings. The molecule has 18 heavy (non-hydrogen) atoms. The molecule has 96 valence electrons. The van der Waals surface area contributed by atoms with Crippen LogP contribution in [-0.2, 0) is 12.8 Å². The summed E-state index contributed by atoms with van der Waals surface area (Å²) in [6.45, 7) is 2.03. The molecule has 2 N–H and O–H groups in total. The molecule has 0 spiro atoms. The molecule has 0 aliphatic carbocycles. The maximum atomic E-state index is 12.8. The second kappa shape index (κ2) is 5.51. The topological polar surface area (TPSA) is 26.0 Å². The van der Waals surface area contributed by atoms with Crippen LogP contribution in [0.5, 0.6) is 0 Å². The second-order valence-electron chi connectivity index (χ2n) is 4.87. The highest BCUT2D eigenvalue weighted by Gasteiger charge is 2.20. The lowest BCUT2D eigenvalue weighted by molar-refractivity contribution is 0.466. The lowest BCUT2D eigenvalue weighted by Crippen LogP contribution is -2.40. The van der Waals surface area contributed by atoms with Crippen LogP contribution in [0.1, 0.15) is 17.4 Å². The maximum absolute atomic E-state index is 12.8. The molecule has 1 heterocycles. The zero-order valence-corrected chi connectivity index (χ0v) is 12.5. The Balaban J connectivity index is 2.04. The van der Waals surface area contributed by atoms with Gasteiger partial charge in [-0.25, -0.2) is 4.39 Å². The van der Waals surface area contributed by atoms with Crippen molar-refractivity contribution in [1.29, 1.82) is 0 Å². The zero-order chi connectivity index (χ0) is 13.2. The Morgan fingerprint density at radius 3 is 2.50 bits per heavy atom. The summed E-state index contributed by atoms with van der Waals surface area (Å²) in [5.74, 6) is -0.209. The van der Waals surface area contributed by atoms with Crippen LogP contribution in [0.4, 0.5) is 4.39 Å². The van der Waals surface area contributed by atoms with Crippen LogP contribution >= 0.6 is 27.3 Å². The fourth-order valence-electron chi connectivity index (χ4n) is 1.98. The van der Waals surface area contributed by atoms with Crippen LogP contribution in [0.3, 0.4) is 0 Å². The van der Waals surface area contributed by atoms with Crippen molar-refractivity contribution in [3.63, 3.8) is 0 Å². The molecule has 0 saturated heterocycles. The molecule has 0 amide bonds. The van der Waals surface area contributed by atoms with Gasteiger partial charge in [-0.05, 0) is 59.5 Å². The van der Waals surface area contributed by atoms with Gasteiger partial charge in [0.2, 0.25) is 0 Å². The molecule has 0 saturated carbocycles. The number of rotatable bonds is 4. The Bertz CT molecular complexity index is 519. The summed E-state index contributed by atoms with van der Waals surface area (Å²) in [5.41, 5.74) is 7.08. The predicted molar refractivity (Wildman–Crippen MR) is 78.4 cm³/mol. The quantitative estimate of drug-likeness (QED) is 0.896. The average molecular weight is 328 g/mol. The van der Waals surface area contributed by atoms with Gasteiger partial charge in [0, 0.05) is 20.3 Å². The van der Waals surface area contributed by atoms with E-state index in [-0.39, 0.29) is 11.4 Å². The summed E-state index contributed by atoms with van der Waals surface area (Å²) in [6, 6.07) is 8.65. The molecule has 0 bridgehead atoms. The number of hydrogen-bond acceptors (Lipinski definition) is 2. The van der Waals surface area contributed by atoms with Crippen molar-refractivity contribution in [3.05, 3.63) is 56.4 Å². The minimum atomic E-state index is -0.317. The number of benzene rings is 1. The van der Waals surface area contributed by atoms with E-state index in [1.807, 2.05) is 6.92 Å². The van der Waals surface area contributed by atoms with E-state index in [1.54, 1.807) is 23.5 Å². The first kappa shape index (κ1) is 13.7. The van der Waals surface area contributed by atoms with Crippen LogP contribution in [0.15, 0.2) is 40.2 Å². The molecule has 2 aromatic rings. The van der Waals surface area contributed by atoms with E-state index >= 15 is 0 Å². The Labute approximate surface area is 119 Å². The normalized spacial score (nSPS) is 14.4. The third-order valence-corrected chi connectivity index (χ3v) is 4.42. The average Bonchev–Trinajstić information content (AvgIpc) is 2.66. The van der Waals surface area contributed by atoms with Crippen molar-refractivity contribution in [1.82, 2.24) is 0 Å². The van der Waals surface area contributed by atoms with E-state index in [9.17, 15) is 4.39 Å². The highest BCUT2D eigenvalue weighted by Crippen LogP contribution is 2.24. The first-order chi connectivity index (χ1) is 8.44. The number of hydrogen-bond donors (Lipinski definition) is 1. The molecular weight excluding hydrogens is 313 g/mol. The van der Waals surface area contributed by atoms with E-state index in [0.29, 0.717) is 0 Å². The zero-order valence-electron chi connectivity index (χ0n) is 10.1. The fraction of sp³-hybridized carbons (Fsp3) is 0.286. The van der Waals surface area contributed by atoms with Crippen molar-refractivity contribution in [2.45, 2.75) is 25.3 Å². The van der Waals surface area contributed by atoms with E-state index < -0.39 is 0 Å². The summed E-state index contributed by atoms with van der Waals surface area (Å²) in [5, 5.41) is 2.06. The van der Waals surface area contributed by atoms with Crippen molar-refractivity contribution < 1.29 is 4.39 Å². The SMILES string of the molecule is CC(N)(Cc1ccc(F)cc1)Cc1cc(Br)cs1. The van der Waals surface area contributed by atoms with Crippen molar-refractivity contribution in [2.75, 3.05) is 0 Å². The third kappa shape index (κ3) is 3.90. The maximum Gasteiger partial charge on any atom is 0.123 e. The Kier molecular flexibility index (Phi) is 4.20. The largest absolute Gasteiger partial charge is 0.325 e. The number of halogens is 2. The number of thiophene rings is 1. The summed E-state index contributed by atoms with van der Waals surface area (Å²) in [7, 11) is 0. The Morgan fingerprint density at radius 1 is 1.28 bits per heavy atom. The Morgan fingerprint density at radius 2 is 1.94 bits per heavy atom. The molecule has 0 aliphatic rings. The summed E-state index contributed by atoms with van der Waals surface area (Å²) >= 11 is 5.14. The highest BCUT2D eigenvalue weighted by atomic mass is 79.9. The Hall–Kier alpha value is -0.710. The minimum Gasteiger partial charge on any atom is -0.325 e. The highest BCUT2D eigenvalue weighted by molar-refractivity contribution is 9.10. The van der Waals surface area contributed by atoms with Gasteiger partial charge >= 0.3 is 0 Å². The summed E-state index contributed by atoms with van der Waals surface area (Å²) in [6.07, 6.45) is 1.56. The first-order valence-corrected chi connectivity index (χ1v) is 7.38. The molecule has 2 rings (SSSR count). The van der Waals surface area contributed by atoms with Gasteiger partial charge in [-0.2, -0.15) is 0 Å². The van der Waals surface area contributed by atoms with Crippen LogP contribution in [0.25, 0.3) is 0 Å². The lowest BCUT2D eigenvalue weighted by Gasteiger charge is -2.24. The smallest absolute Gasteiger partial charge is 0.123 e. The monoisotopic (exact) mass is 327 g/mol. The van der Waals surface area contributed by atoms with Gasteiger partial charge in [0.05, 0.1) is 0 Å². The molecule has 1 unspecified atom stereocenters. The van der Waals surface area contributed by atoms with Gasteiger partial charge in [0.25, 0.3) is 0 Å². The minimum absolute atomic E-state index is 0.209. The van der Waals surface area contributed by atoms with E-state index in [1.165, 1.54) is 17.0 Å². The van der Waals surface area contributed by atoms with Crippen molar-refractivity contribution in [3.8, 4) is 0 Å². The van der Waals surface area contributed by atoms with Crippen LogP contribution in [0.2, 0.25) is 0 Å². The van der Waals surface area contributed by atoms with E-state index in [0.717, 1.165) is 22.9 Å². The predicted octanol–water partition coefficient (Wildman–Crippen LogP) is 4.15. The van der Waals surface area contributed by atoms with Gasteiger partial charge in [-0.15, -0.1) is 11.3 Å². The van der Waals surface area contributed by atoms with Crippen LogP contribution in [-0.4, -0.2) is 5.54 Å². The van der Waals surface area contributed by atoms with Crippen molar-refractivity contribution in [2.24, 2.45) is 5.73 Å². The van der Waals surface area contributed by atoms with Gasteiger partial charge < -0.3 is 5.73 Å². The van der Waals surface area contributed by atoms with Gasteiger partial charge in [0.1, 0.15) is 5.82 Å². The molecular formula is C14H15BrFNS. The van der Waals surface area contributed by atoms with E-state index in [4.69, 9.17) is 5.73 Å². The van der Waals surface area contributed by atoms with Gasteiger partial charge in [0.15, 0.2) is 0 Å². The molecule has 4 heteroatoms. The van der Waals surface area contributed by atoms with Gasteiger partial charge in [-0.3, -0.25) is 0 Å². The standard InChI is InChI=1S/C14H15BrFNS/c1-14(17,8-13-6-11(15)9-18-13)7-10-2-4-12(16)5-3-10/h2-6,9H,7-8,17H2,1H3. The summed E-state index contributed by atoms with van der Waals surface area (Å²) in [4.78, 5) is 1.26. The molecule has 1 aromatic carbocycles. The molecule has 1 nitrogen and oxygen atoms in total. The van der Waals surface area contributed by atoms with Crippen LogP contribution in [0, 0.1) is 5.82 Å². The molecule has 1 atom stereocenters. The molecule has 0 aliphatic heterocycles. The van der Waals surface area contributed by atoms with E-state index in [2.05, 4.69) is 27.4 Å². The number of nitrogens with two attached hydrogens (primary N) is 1. The molecule has 1 aromatic heterocycles. The lowest BCUT2D eigenvalue weighted by atomic mass is 9.90.